The van der Waals surface area contributed by atoms with Crippen LogP contribution in [0.5, 0.6) is 0 Å². The third kappa shape index (κ3) is 6.19. The highest BCUT2D eigenvalue weighted by Crippen LogP contribution is 2.53. The van der Waals surface area contributed by atoms with Gasteiger partial charge in [0.1, 0.15) is 6.54 Å². The molecule has 3 aliphatic rings. The van der Waals surface area contributed by atoms with Crippen LogP contribution in [0.4, 0.5) is 0 Å². The van der Waals surface area contributed by atoms with E-state index in [0.717, 1.165) is 45.0 Å². The lowest BCUT2D eigenvalue weighted by Gasteiger charge is -2.58. The van der Waals surface area contributed by atoms with Gasteiger partial charge in [0.05, 0.1) is 12.2 Å². The van der Waals surface area contributed by atoms with Gasteiger partial charge in [0.25, 0.3) is 0 Å². The molecule has 3 rings (SSSR count). The van der Waals surface area contributed by atoms with Gasteiger partial charge in [0.15, 0.2) is 5.96 Å². The van der Waals surface area contributed by atoms with Gasteiger partial charge in [-0.15, -0.1) is 24.0 Å². The first-order valence-electron chi connectivity index (χ1n) is 11.0. The van der Waals surface area contributed by atoms with Crippen LogP contribution in [0.1, 0.15) is 58.3 Å². The van der Waals surface area contributed by atoms with Gasteiger partial charge in [-0.1, -0.05) is 19.3 Å². The fraction of sp³-hybridized carbons (Fsp3) is 0.905. The summed E-state index contributed by atoms with van der Waals surface area (Å²) in [5.74, 6) is 0.738. The minimum Gasteiger partial charge on any atom is -0.378 e. The van der Waals surface area contributed by atoms with Crippen LogP contribution >= 0.6 is 24.0 Å². The average molecular weight is 522 g/mol. The maximum atomic E-state index is 12.0. The summed E-state index contributed by atoms with van der Waals surface area (Å²) in [6.07, 6.45) is 10.1. The Balaban J connectivity index is 0.00000300. The Hall–Kier alpha value is -0.610. The molecule has 7 nitrogen and oxygen atoms in total. The van der Waals surface area contributed by atoms with Gasteiger partial charge in [0.2, 0.25) is 5.91 Å². The fourth-order valence-electron chi connectivity index (χ4n) is 4.89. The molecule has 3 fully saturated rings. The standard InChI is InChI=1S/C21H38N4O3.HI/c1-4-27-18-13-17(21(18)10-6-5-7-11-21)24-20(23-15-19(26)25(2)3)22-14-16-9-8-12-28-16;/h16-18H,4-15H2,1-3H3,(H2,22,23,24);1H. The number of carbonyl (C=O) groups excluding carboxylic acids is 1. The van der Waals surface area contributed by atoms with E-state index in [9.17, 15) is 4.79 Å². The highest BCUT2D eigenvalue weighted by molar-refractivity contribution is 14.0. The molecule has 3 unspecified atom stereocenters. The van der Waals surface area contributed by atoms with Gasteiger partial charge in [-0.05, 0) is 39.0 Å². The van der Waals surface area contributed by atoms with Gasteiger partial charge in [-0.3, -0.25) is 4.79 Å². The Kier molecular flexibility index (Phi) is 9.94. The van der Waals surface area contributed by atoms with Crippen molar-refractivity contribution in [2.45, 2.75) is 76.5 Å². The Morgan fingerprint density at radius 1 is 1.24 bits per heavy atom. The summed E-state index contributed by atoms with van der Waals surface area (Å²) in [4.78, 5) is 18.2. The van der Waals surface area contributed by atoms with Crippen LogP contribution in [0.15, 0.2) is 4.99 Å². The number of nitrogens with zero attached hydrogens (tertiary/aromatic N) is 2. The maximum Gasteiger partial charge on any atom is 0.243 e. The summed E-state index contributed by atoms with van der Waals surface area (Å²) in [6, 6.07) is 0.356. The van der Waals surface area contributed by atoms with E-state index in [-0.39, 0.29) is 47.9 Å². The molecule has 2 aliphatic carbocycles. The summed E-state index contributed by atoms with van der Waals surface area (Å²) >= 11 is 0. The smallest absolute Gasteiger partial charge is 0.243 e. The van der Waals surface area contributed by atoms with Crippen molar-refractivity contribution >= 4 is 35.8 Å². The number of aliphatic imine (C=N–C) groups is 1. The lowest BCUT2D eigenvalue weighted by molar-refractivity contribution is -0.145. The predicted molar refractivity (Wildman–Crippen MR) is 126 cm³/mol. The molecule has 3 atom stereocenters. The second-order valence-corrected chi connectivity index (χ2v) is 8.64. The van der Waals surface area contributed by atoms with Crippen molar-refractivity contribution in [2.75, 3.05) is 40.4 Å². The number of hydrogen-bond donors (Lipinski definition) is 2. The lowest BCUT2D eigenvalue weighted by Crippen LogP contribution is -2.66. The first kappa shape index (κ1) is 24.7. The Morgan fingerprint density at radius 2 is 2.00 bits per heavy atom. The molecule has 0 radical (unpaired) electrons. The second kappa shape index (κ2) is 11.7. The van der Waals surface area contributed by atoms with Gasteiger partial charge in [0, 0.05) is 45.3 Å². The largest absolute Gasteiger partial charge is 0.378 e. The molecule has 8 heteroatoms. The van der Waals surface area contributed by atoms with E-state index in [1.165, 1.54) is 32.1 Å². The first-order valence-corrected chi connectivity index (χ1v) is 11.0. The Labute approximate surface area is 192 Å². The third-order valence-corrected chi connectivity index (χ3v) is 6.64. The molecule has 2 N–H and O–H groups in total. The van der Waals surface area contributed by atoms with E-state index < -0.39 is 0 Å². The normalized spacial score (nSPS) is 28.4. The Morgan fingerprint density at radius 3 is 2.62 bits per heavy atom. The summed E-state index contributed by atoms with van der Waals surface area (Å²) in [6.45, 7) is 4.58. The second-order valence-electron chi connectivity index (χ2n) is 8.64. The average Bonchev–Trinajstić information content (AvgIpc) is 3.22. The zero-order valence-corrected chi connectivity index (χ0v) is 20.6. The summed E-state index contributed by atoms with van der Waals surface area (Å²) in [5.41, 5.74) is 0.214. The van der Waals surface area contributed by atoms with E-state index in [0.29, 0.717) is 12.1 Å². The summed E-state index contributed by atoms with van der Waals surface area (Å²) < 4.78 is 11.8. The van der Waals surface area contributed by atoms with Crippen molar-refractivity contribution in [3.8, 4) is 0 Å². The molecule has 2 saturated carbocycles. The van der Waals surface area contributed by atoms with Crippen LogP contribution < -0.4 is 10.6 Å². The van der Waals surface area contributed by atoms with Crippen LogP contribution in [-0.2, 0) is 14.3 Å². The lowest BCUT2D eigenvalue weighted by atomic mass is 9.55. The van der Waals surface area contributed by atoms with Gasteiger partial charge in [-0.25, -0.2) is 4.99 Å². The molecule has 1 aliphatic heterocycles. The molecule has 0 bridgehead atoms. The van der Waals surface area contributed by atoms with Crippen molar-refractivity contribution < 1.29 is 14.3 Å². The van der Waals surface area contributed by atoms with Crippen molar-refractivity contribution in [1.82, 2.24) is 15.5 Å². The molecule has 1 spiro atoms. The number of rotatable bonds is 7. The quantitative estimate of drug-likeness (QED) is 0.306. The SMILES string of the molecule is CCOC1CC(NC(=NCC(=O)N(C)C)NCC2CCCO2)C12CCCCC2.I. The zero-order chi connectivity index (χ0) is 20.0. The van der Waals surface area contributed by atoms with Crippen LogP contribution in [0.3, 0.4) is 0 Å². The van der Waals surface area contributed by atoms with E-state index >= 15 is 0 Å². The first-order chi connectivity index (χ1) is 13.5. The van der Waals surface area contributed by atoms with Crippen LogP contribution in [0.2, 0.25) is 0 Å². The topological polar surface area (TPSA) is 75.2 Å². The molecule has 1 amide bonds. The number of halogens is 1. The van der Waals surface area contributed by atoms with Crippen molar-refractivity contribution in [3.63, 3.8) is 0 Å². The van der Waals surface area contributed by atoms with E-state index in [2.05, 4.69) is 22.5 Å². The summed E-state index contributed by atoms with van der Waals surface area (Å²) in [7, 11) is 3.53. The summed E-state index contributed by atoms with van der Waals surface area (Å²) in [5, 5.41) is 7.08. The molecular formula is C21H39IN4O3. The third-order valence-electron chi connectivity index (χ3n) is 6.64. The number of likely N-dealkylation sites (N-methyl/N-ethyl adjacent to an activating group) is 1. The maximum absolute atomic E-state index is 12.0. The monoisotopic (exact) mass is 522 g/mol. The van der Waals surface area contributed by atoms with Gasteiger partial charge >= 0.3 is 0 Å². The molecule has 0 aromatic carbocycles. The molecule has 29 heavy (non-hydrogen) atoms. The molecule has 168 valence electrons. The number of hydrogen-bond acceptors (Lipinski definition) is 4. The van der Waals surface area contributed by atoms with Crippen LogP contribution in [0, 0.1) is 5.41 Å². The fourth-order valence-corrected chi connectivity index (χ4v) is 4.89. The molecular weight excluding hydrogens is 483 g/mol. The number of nitrogens with one attached hydrogen (secondary N) is 2. The van der Waals surface area contributed by atoms with Crippen molar-refractivity contribution in [1.29, 1.82) is 0 Å². The van der Waals surface area contributed by atoms with Crippen LogP contribution in [-0.4, -0.2) is 75.4 Å². The predicted octanol–water partition coefficient (Wildman–Crippen LogP) is 2.53. The van der Waals surface area contributed by atoms with Crippen molar-refractivity contribution in [2.24, 2.45) is 10.4 Å². The van der Waals surface area contributed by atoms with E-state index in [1.807, 2.05) is 0 Å². The van der Waals surface area contributed by atoms with E-state index in [4.69, 9.17) is 9.47 Å². The van der Waals surface area contributed by atoms with Crippen molar-refractivity contribution in [3.05, 3.63) is 0 Å². The van der Waals surface area contributed by atoms with Crippen LogP contribution in [0.25, 0.3) is 0 Å². The highest BCUT2D eigenvalue weighted by Gasteiger charge is 2.55. The molecule has 1 heterocycles. The molecule has 0 aromatic rings. The number of ether oxygens (including phenoxy) is 2. The number of amides is 1. The molecule has 0 aromatic heterocycles. The van der Waals surface area contributed by atoms with Gasteiger partial charge in [-0.2, -0.15) is 0 Å². The zero-order valence-electron chi connectivity index (χ0n) is 18.2. The van der Waals surface area contributed by atoms with E-state index in [1.54, 1.807) is 19.0 Å². The highest BCUT2D eigenvalue weighted by atomic mass is 127. The minimum absolute atomic E-state index is 0. The Bertz CT molecular complexity index is 546. The number of carbonyl (C=O) groups is 1. The molecule has 1 saturated heterocycles. The number of guanidine groups is 1. The minimum atomic E-state index is 0. The van der Waals surface area contributed by atoms with Gasteiger partial charge < -0.3 is 25.0 Å².